The SMILES string of the molecule is CC(=O)c1c(C)cc2cc3ccccc3cc2c1N. The predicted octanol–water partition coefficient (Wildman–Crippen LogP) is 4.09. The molecule has 19 heavy (non-hydrogen) atoms. The molecule has 0 bridgehead atoms. The summed E-state index contributed by atoms with van der Waals surface area (Å²) in [5.74, 6) is 0.0186. The lowest BCUT2D eigenvalue weighted by atomic mass is 9.95. The molecule has 0 aliphatic carbocycles. The largest absolute Gasteiger partial charge is 0.398 e. The van der Waals surface area contributed by atoms with Gasteiger partial charge in [0, 0.05) is 10.9 Å². The molecule has 2 N–H and O–H groups in total. The third kappa shape index (κ3) is 1.76. The van der Waals surface area contributed by atoms with Gasteiger partial charge in [0.1, 0.15) is 0 Å². The summed E-state index contributed by atoms with van der Waals surface area (Å²) in [6.45, 7) is 3.49. The predicted molar refractivity (Wildman–Crippen MR) is 80.6 cm³/mol. The van der Waals surface area contributed by atoms with E-state index in [1.54, 1.807) is 6.92 Å². The van der Waals surface area contributed by atoms with Crippen LogP contribution in [0.5, 0.6) is 0 Å². The average Bonchev–Trinajstić information content (AvgIpc) is 2.36. The van der Waals surface area contributed by atoms with Gasteiger partial charge < -0.3 is 5.73 Å². The number of nitrogen functional groups attached to an aromatic ring is 1. The van der Waals surface area contributed by atoms with Crippen molar-refractivity contribution in [3.63, 3.8) is 0 Å². The number of ketones is 1. The lowest BCUT2D eigenvalue weighted by molar-refractivity contribution is 0.101. The highest BCUT2D eigenvalue weighted by atomic mass is 16.1. The summed E-state index contributed by atoms with van der Waals surface area (Å²) >= 11 is 0. The summed E-state index contributed by atoms with van der Waals surface area (Å²) < 4.78 is 0. The minimum Gasteiger partial charge on any atom is -0.398 e. The molecule has 94 valence electrons. The number of nitrogens with two attached hydrogens (primary N) is 1. The second-order valence-electron chi connectivity index (χ2n) is 4.96. The van der Waals surface area contributed by atoms with Crippen LogP contribution in [0.4, 0.5) is 5.69 Å². The van der Waals surface area contributed by atoms with Crippen LogP contribution >= 0.6 is 0 Å². The molecule has 3 rings (SSSR count). The number of benzene rings is 3. The topological polar surface area (TPSA) is 43.1 Å². The molecule has 3 aromatic rings. The first-order valence-electron chi connectivity index (χ1n) is 6.30. The van der Waals surface area contributed by atoms with E-state index in [1.807, 2.05) is 25.1 Å². The molecule has 0 saturated carbocycles. The van der Waals surface area contributed by atoms with E-state index in [-0.39, 0.29) is 5.78 Å². The van der Waals surface area contributed by atoms with Crippen molar-refractivity contribution in [1.29, 1.82) is 0 Å². The number of rotatable bonds is 1. The van der Waals surface area contributed by atoms with Gasteiger partial charge >= 0.3 is 0 Å². The molecule has 0 atom stereocenters. The fourth-order valence-electron chi connectivity index (χ4n) is 2.73. The zero-order valence-corrected chi connectivity index (χ0v) is 11.0. The van der Waals surface area contributed by atoms with E-state index in [9.17, 15) is 4.79 Å². The fraction of sp³-hybridized carbons (Fsp3) is 0.118. The van der Waals surface area contributed by atoms with Crippen LogP contribution in [-0.2, 0) is 0 Å². The maximum Gasteiger partial charge on any atom is 0.162 e. The molecule has 0 amide bonds. The van der Waals surface area contributed by atoms with Crippen LogP contribution in [0.2, 0.25) is 0 Å². The number of hydrogen-bond acceptors (Lipinski definition) is 2. The lowest BCUT2D eigenvalue weighted by Gasteiger charge is -2.11. The monoisotopic (exact) mass is 249 g/mol. The van der Waals surface area contributed by atoms with Crippen molar-refractivity contribution < 1.29 is 4.79 Å². The van der Waals surface area contributed by atoms with Gasteiger partial charge in [-0.15, -0.1) is 0 Å². The Labute approximate surface area is 111 Å². The number of carbonyl (C=O) groups excluding carboxylic acids is 1. The molecule has 0 radical (unpaired) electrons. The first-order valence-corrected chi connectivity index (χ1v) is 6.30. The van der Waals surface area contributed by atoms with Crippen LogP contribution in [0.3, 0.4) is 0 Å². The van der Waals surface area contributed by atoms with Gasteiger partial charge in [-0.1, -0.05) is 30.3 Å². The maximum absolute atomic E-state index is 11.7. The minimum atomic E-state index is 0.0186. The molecule has 0 saturated heterocycles. The summed E-state index contributed by atoms with van der Waals surface area (Å²) in [6, 6.07) is 14.4. The third-order valence-electron chi connectivity index (χ3n) is 3.60. The van der Waals surface area contributed by atoms with Gasteiger partial charge in [-0.3, -0.25) is 4.79 Å². The Kier molecular flexibility index (Phi) is 2.53. The summed E-state index contributed by atoms with van der Waals surface area (Å²) in [6.07, 6.45) is 0. The molecule has 2 heteroatoms. The van der Waals surface area contributed by atoms with E-state index in [4.69, 9.17) is 5.73 Å². The molecule has 0 spiro atoms. The number of fused-ring (bicyclic) bond motifs is 2. The fourth-order valence-corrected chi connectivity index (χ4v) is 2.73. The van der Waals surface area contributed by atoms with E-state index in [2.05, 4.69) is 24.3 Å². The van der Waals surface area contributed by atoms with Gasteiger partial charge in [-0.2, -0.15) is 0 Å². The average molecular weight is 249 g/mol. The van der Waals surface area contributed by atoms with E-state index < -0.39 is 0 Å². The molecule has 0 heterocycles. The van der Waals surface area contributed by atoms with Crippen molar-refractivity contribution in [3.8, 4) is 0 Å². The second kappa shape index (κ2) is 4.09. The van der Waals surface area contributed by atoms with Crippen LogP contribution < -0.4 is 5.73 Å². The van der Waals surface area contributed by atoms with Crippen LogP contribution in [0.15, 0.2) is 42.5 Å². The summed E-state index contributed by atoms with van der Waals surface area (Å²) in [5.41, 5.74) is 8.36. The molecule has 0 aliphatic heterocycles. The van der Waals surface area contributed by atoms with E-state index in [1.165, 1.54) is 5.39 Å². The Bertz CT molecular complexity index is 818. The first kappa shape index (κ1) is 11.7. The molecular formula is C17H15NO. The van der Waals surface area contributed by atoms with Gasteiger partial charge in [0.25, 0.3) is 0 Å². The van der Waals surface area contributed by atoms with Crippen LogP contribution in [-0.4, -0.2) is 5.78 Å². The number of Topliss-reactive ketones (excluding diaryl/α,β-unsaturated/α-hetero) is 1. The smallest absolute Gasteiger partial charge is 0.162 e. The normalized spacial score (nSPS) is 11.1. The lowest BCUT2D eigenvalue weighted by Crippen LogP contribution is -2.03. The van der Waals surface area contributed by atoms with E-state index in [0.717, 1.165) is 21.7 Å². The highest BCUT2D eigenvalue weighted by Gasteiger charge is 2.12. The van der Waals surface area contributed by atoms with Gasteiger partial charge in [0.15, 0.2) is 5.78 Å². The second-order valence-corrected chi connectivity index (χ2v) is 4.96. The standard InChI is InChI=1S/C17H15NO/c1-10-7-14-8-12-5-3-4-6-13(12)9-15(14)17(18)16(10)11(2)19/h3-9H,18H2,1-2H3. The van der Waals surface area contributed by atoms with Crippen molar-refractivity contribution >= 4 is 33.0 Å². The molecule has 0 aromatic heterocycles. The number of carbonyl (C=O) groups is 1. The molecular weight excluding hydrogens is 234 g/mol. The Morgan fingerprint density at radius 1 is 1.00 bits per heavy atom. The van der Waals surface area contributed by atoms with Gasteiger partial charge in [0.2, 0.25) is 0 Å². The van der Waals surface area contributed by atoms with Crippen LogP contribution in [0.1, 0.15) is 22.8 Å². The third-order valence-corrected chi connectivity index (χ3v) is 3.60. The molecule has 0 unspecified atom stereocenters. The maximum atomic E-state index is 11.7. The quantitative estimate of drug-likeness (QED) is 0.401. The van der Waals surface area contributed by atoms with E-state index >= 15 is 0 Å². The summed E-state index contributed by atoms with van der Waals surface area (Å²) in [4.78, 5) is 11.7. The van der Waals surface area contributed by atoms with Crippen molar-refractivity contribution in [3.05, 3.63) is 53.6 Å². The number of aryl methyl sites for hydroxylation is 1. The molecule has 0 fully saturated rings. The Balaban J connectivity index is 2.48. The minimum absolute atomic E-state index is 0.0186. The van der Waals surface area contributed by atoms with Crippen LogP contribution in [0, 0.1) is 6.92 Å². The number of hydrogen-bond donors (Lipinski definition) is 1. The number of anilines is 1. The van der Waals surface area contributed by atoms with Crippen molar-refractivity contribution in [2.45, 2.75) is 13.8 Å². The zero-order chi connectivity index (χ0) is 13.6. The van der Waals surface area contributed by atoms with Crippen molar-refractivity contribution in [2.24, 2.45) is 0 Å². The summed E-state index contributed by atoms with van der Waals surface area (Å²) in [7, 11) is 0. The first-order chi connectivity index (χ1) is 9.08. The van der Waals surface area contributed by atoms with Crippen molar-refractivity contribution in [2.75, 3.05) is 5.73 Å². The Hall–Kier alpha value is -2.35. The summed E-state index contributed by atoms with van der Waals surface area (Å²) in [5, 5.41) is 4.36. The van der Waals surface area contributed by atoms with Gasteiger partial charge in [0.05, 0.1) is 5.69 Å². The molecule has 0 aliphatic rings. The highest BCUT2D eigenvalue weighted by molar-refractivity contribution is 6.11. The Morgan fingerprint density at radius 3 is 2.26 bits per heavy atom. The molecule has 2 nitrogen and oxygen atoms in total. The van der Waals surface area contributed by atoms with Gasteiger partial charge in [-0.05, 0) is 47.7 Å². The molecule has 3 aromatic carbocycles. The van der Waals surface area contributed by atoms with Crippen LogP contribution in [0.25, 0.3) is 21.5 Å². The van der Waals surface area contributed by atoms with Crippen molar-refractivity contribution in [1.82, 2.24) is 0 Å². The highest BCUT2D eigenvalue weighted by Crippen LogP contribution is 2.31. The van der Waals surface area contributed by atoms with E-state index in [0.29, 0.717) is 11.3 Å². The Morgan fingerprint density at radius 2 is 1.63 bits per heavy atom. The van der Waals surface area contributed by atoms with Gasteiger partial charge in [-0.25, -0.2) is 0 Å². The zero-order valence-electron chi connectivity index (χ0n) is 11.0.